The van der Waals surface area contributed by atoms with E-state index >= 15 is 0 Å². The number of rotatable bonds is 1. The Hall–Kier alpha value is -1.77. The largest absolute Gasteiger partial charge is 0.366 e. The highest BCUT2D eigenvalue weighted by molar-refractivity contribution is 6.08. The van der Waals surface area contributed by atoms with Gasteiger partial charge in [-0.15, -0.1) is 0 Å². The highest BCUT2D eigenvalue weighted by atomic mass is 16.1. The molecule has 0 saturated heterocycles. The van der Waals surface area contributed by atoms with Crippen LogP contribution in [0.1, 0.15) is 27.2 Å². The average Bonchev–Trinajstić information content (AvgIpc) is 2.40. The van der Waals surface area contributed by atoms with Crippen LogP contribution in [0.5, 0.6) is 0 Å². The van der Waals surface area contributed by atoms with Crippen molar-refractivity contribution in [2.45, 2.75) is 20.8 Å². The summed E-state index contributed by atoms with van der Waals surface area (Å²) in [5.74, 6) is -0.370. The van der Waals surface area contributed by atoms with E-state index in [1.54, 1.807) is 0 Å². The SMILES string of the molecule is Cc1cc(C)c2c(C(N)=O)c(C)[nH]c2c1. The molecule has 0 aliphatic carbocycles. The topological polar surface area (TPSA) is 58.9 Å². The molecule has 0 saturated carbocycles. The smallest absolute Gasteiger partial charge is 0.251 e. The first-order valence-corrected chi connectivity index (χ1v) is 4.90. The standard InChI is InChI=1S/C12H14N2O/c1-6-4-7(2)10-9(5-6)14-8(3)11(10)12(13)15/h4-5,14H,1-3H3,(H2,13,15). The van der Waals surface area contributed by atoms with E-state index in [0.717, 1.165) is 22.2 Å². The van der Waals surface area contributed by atoms with Crippen LogP contribution in [-0.2, 0) is 0 Å². The van der Waals surface area contributed by atoms with Gasteiger partial charge in [-0.1, -0.05) is 6.07 Å². The van der Waals surface area contributed by atoms with Gasteiger partial charge in [-0.25, -0.2) is 0 Å². The molecular weight excluding hydrogens is 188 g/mol. The molecule has 0 aliphatic rings. The molecule has 1 aromatic carbocycles. The molecule has 1 aromatic heterocycles. The molecule has 0 radical (unpaired) electrons. The predicted molar refractivity (Wildman–Crippen MR) is 61.0 cm³/mol. The van der Waals surface area contributed by atoms with Crippen LogP contribution >= 0.6 is 0 Å². The van der Waals surface area contributed by atoms with E-state index in [1.165, 1.54) is 5.56 Å². The number of fused-ring (bicyclic) bond motifs is 1. The fourth-order valence-electron chi connectivity index (χ4n) is 2.16. The number of carbonyl (C=O) groups excluding carboxylic acids is 1. The van der Waals surface area contributed by atoms with Crippen LogP contribution in [0.2, 0.25) is 0 Å². The molecule has 0 unspecified atom stereocenters. The second-order valence-electron chi connectivity index (χ2n) is 3.99. The van der Waals surface area contributed by atoms with Gasteiger partial charge in [0.2, 0.25) is 0 Å². The van der Waals surface area contributed by atoms with Gasteiger partial charge >= 0.3 is 0 Å². The highest BCUT2D eigenvalue weighted by Crippen LogP contribution is 2.26. The Balaban J connectivity index is 2.93. The third-order valence-corrected chi connectivity index (χ3v) is 2.67. The number of aromatic amines is 1. The zero-order valence-electron chi connectivity index (χ0n) is 9.14. The number of amides is 1. The molecule has 0 atom stereocenters. The summed E-state index contributed by atoms with van der Waals surface area (Å²) >= 11 is 0. The Labute approximate surface area is 88.3 Å². The number of primary amides is 1. The first-order valence-electron chi connectivity index (χ1n) is 4.90. The summed E-state index contributed by atoms with van der Waals surface area (Å²) < 4.78 is 0. The van der Waals surface area contributed by atoms with Crippen molar-refractivity contribution in [3.8, 4) is 0 Å². The van der Waals surface area contributed by atoms with Crippen molar-refractivity contribution in [1.82, 2.24) is 4.98 Å². The number of nitrogens with two attached hydrogens (primary N) is 1. The monoisotopic (exact) mass is 202 g/mol. The minimum Gasteiger partial charge on any atom is -0.366 e. The first-order chi connectivity index (χ1) is 7.00. The first kappa shape index (κ1) is 9.77. The van der Waals surface area contributed by atoms with Gasteiger partial charge in [0, 0.05) is 16.6 Å². The minimum atomic E-state index is -0.370. The van der Waals surface area contributed by atoms with E-state index in [-0.39, 0.29) is 5.91 Å². The lowest BCUT2D eigenvalue weighted by Crippen LogP contribution is -2.12. The second kappa shape index (κ2) is 3.12. The highest BCUT2D eigenvalue weighted by Gasteiger charge is 2.14. The van der Waals surface area contributed by atoms with Crippen molar-refractivity contribution in [3.63, 3.8) is 0 Å². The van der Waals surface area contributed by atoms with Crippen molar-refractivity contribution in [1.29, 1.82) is 0 Å². The molecule has 3 N–H and O–H groups in total. The molecule has 3 heteroatoms. The van der Waals surface area contributed by atoms with Crippen molar-refractivity contribution in [2.24, 2.45) is 5.73 Å². The van der Waals surface area contributed by atoms with Crippen LogP contribution in [-0.4, -0.2) is 10.9 Å². The Morgan fingerprint density at radius 2 is 1.93 bits per heavy atom. The number of aryl methyl sites for hydroxylation is 3. The van der Waals surface area contributed by atoms with Crippen LogP contribution in [0.15, 0.2) is 12.1 Å². The maximum atomic E-state index is 11.3. The van der Waals surface area contributed by atoms with Crippen LogP contribution in [0, 0.1) is 20.8 Å². The fraction of sp³-hybridized carbons (Fsp3) is 0.250. The molecular formula is C12H14N2O. The summed E-state index contributed by atoms with van der Waals surface area (Å²) in [6.07, 6.45) is 0. The summed E-state index contributed by atoms with van der Waals surface area (Å²) in [6.45, 7) is 5.90. The molecule has 3 nitrogen and oxygen atoms in total. The van der Waals surface area contributed by atoms with Crippen LogP contribution in [0.3, 0.4) is 0 Å². The van der Waals surface area contributed by atoms with Gasteiger partial charge in [-0.05, 0) is 38.0 Å². The normalized spacial score (nSPS) is 10.9. The minimum absolute atomic E-state index is 0.370. The zero-order valence-corrected chi connectivity index (χ0v) is 9.14. The molecule has 0 aliphatic heterocycles. The molecule has 78 valence electrons. The van der Waals surface area contributed by atoms with Gasteiger partial charge in [0.05, 0.1) is 5.56 Å². The maximum absolute atomic E-state index is 11.3. The molecule has 0 fully saturated rings. The number of hydrogen-bond donors (Lipinski definition) is 2. The molecule has 0 bridgehead atoms. The van der Waals surface area contributed by atoms with Gasteiger partial charge in [-0.2, -0.15) is 0 Å². The lowest BCUT2D eigenvalue weighted by molar-refractivity contribution is 0.100. The third kappa shape index (κ3) is 1.40. The Morgan fingerprint density at radius 1 is 1.27 bits per heavy atom. The molecule has 1 amide bonds. The van der Waals surface area contributed by atoms with Gasteiger partial charge in [-0.3, -0.25) is 4.79 Å². The number of hydrogen-bond acceptors (Lipinski definition) is 1. The summed E-state index contributed by atoms with van der Waals surface area (Å²) in [4.78, 5) is 14.5. The molecule has 2 rings (SSSR count). The van der Waals surface area contributed by atoms with Gasteiger partial charge in [0.25, 0.3) is 5.91 Å². The van der Waals surface area contributed by atoms with Crippen LogP contribution in [0.4, 0.5) is 0 Å². The van der Waals surface area contributed by atoms with E-state index in [9.17, 15) is 4.79 Å². The average molecular weight is 202 g/mol. The van der Waals surface area contributed by atoms with E-state index in [2.05, 4.69) is 11.1 Å². The van der Waals surface area contributed by atoms with E-state index < -0.39 is 0 Å². The van der Waals surface area contributed by atoms with Crippen molar-refractivity contribution in [2.75, 3.05) is 0 Å². The number of benzene rings is 1. The number of carbonyl (C=O) groups is 1. The Bertz CT molecular complexity index is 552. The van der Waals surface area contributed by atoms with Gasteiger partial charge in [0.1, 0.15) is 0 Å². The van der Waals surface area contributed by atoms with Crippen LogP contribution < -0.4 is 5.73 Å². The number of aromatic nitrogens is 1. The molecule has 0 spiro atoms. The van der Waals surface area contributed by atoms with E-state index in [4.69, 9.17) is 5.73 Å². The summed E-state index contributed by atoms with van der Waals surface area (Å²) in [6, 6.07) is 4.09. The van der Waals surface area contributed by atoms with Crippen molar-refractivity contribution in [3.05, 3.63) is 34.5 Å². The summed E-state index contributed by atoms with van der Waals surface area (Å²) in [7, 11) is 0. The zero-order chi connectivity index (χ0) is 11.2. The molecule has 15 heavy (non-hydrogen) atoms. The Morgan fingerprint density at radius 3 is 2.53 bits per heavy atom. The fourth-order valence-corrected chi connectivity index (χ4v) is 2.16. The second-order valence-corrected chi connectivity index (χ2v) is 3.99. The van der Waals surface area contributed by atoms with Crippen molar-refractivity contribution < 1.29 is 4.79 Å². The van der Waals surface area contributed by atoms with Gasteiger partial charge in [0.15, 0.2) is 0 Å². The van der Waals surface area contributed by atoms with Crippen LogP contribution in [0.25, 0.3) is 10.9 Å². The molecule has 1 heterocycles. The van der Waals surface area contributed by atoms with Gasteiger partial charge < -0.3 is 10.7 Å². The summed E-state index contributed by atoms with van der Waals surface area (Å²) in [5, 5.41) is 0.950. The Kier molecular flexibility index (Phi) is 2.03. The lowest BCUT2D eigenvalue weighted by Gasteiger charge is -2.01. The molecule has 2 aromatic rings. The van der Waals surface area contributed by atoms with E-state index in [0.29, 0.717) is 5.56 Å². The quantitative estimate of drug-likeness (QED) is 0.731. The lowest BCUT2D eigenvalue weighted by atomic mass is 10.0. The summed E-state index contributed by atoms with van der Waals surface area (Å²) in [5.41, 5.74) is 10.1. The predicted octanol–water partition coefficient (Wildman–Crippen LogP) is 2.19. The number of H-pyrrole nitrogens is 1. The van der Waals surface area contributed by atoms with E-state index in [1.807, 2.05) is 26.8 Å². The maximum Gasteiger partial charge on any atom is 0.251 e. The third-order valence-electron chi connectivity index (χ3n) is 2.67. The van der Waals surface area contributed by atoms with Crippen molar-refractivity contribution >= 4 is 16.8 Å². The number of nitrogens with one attached hydrogen (secondary N) is 1.